The zero-order valence-corrected chi connectivity index (χ0v) is 21.8. The number of benzene rings is 2. The van der Waals surface area contributed by atoms with Crippen LogP contribution in [0.25, 0.3) is 17.0 Å². The van der Waals surface area contributed by atoms with E-state index in [-0.39, 0.29) is 17.2 Å². The first-order valence-corrected chi connectivity index (χ1v) is 13.0. The van der Waals surface area contributed by atoms with Crippen LogP contribution in [0.15, 0.2) is 33.6 Å². The Bertz CT molecular complexity index is 1390. The minimum atomic E-state index is -0.358. The lowest BCUT2D eigenvalue weighted by Gasteiger charge is -2.25. The Morgan fingerprint density at radius 2 is 1.89 bits per heavy atom. The van der Waals surface area contributed by atoms with E-state index in [0.717, 1.165) is 88.0 Å². The van der Waals surface area contributed by atoms with Gasteiger partial charge in [-0.15, -0.1) is 0 Å². The normalized spacial score (nSPS) is 19.6. The van der Waals surface area contributed by atoms with Crippen LogP contribution in [0.5, 0.6) is 11.5 Å². The molecule has 36 heavy (non-hydrogen) atoms. The summed E-state index contributed by atoms with van der Waals surface area (Å²) in [7, 11) is 0. The summed E-state index contributed by atoms with van der Waals surface area (Å²) in [4.78, 5) is 25.9. The van der Waals surface area contributed by atoms with E-state index in [1.807, 2.05) is 52.0 Å². The fourth-order valence-electron chi connectivity index (χ4n) is 5.10. The van der Waals surface area contributed by atoms with Gasteiger partial charge in [-0.25, -0.2) is 0 Å². The number of rotatable bonds is 6. The Morgan fingerprint density at radius 1 is 1.14 bits per heavy atom. The summed E-state index contributed by atoms with van der Waals surface area (Å²) < 4.78 is 12.3. The van der Waals surface area contributed by atoms with Gasteiger partial charge < -0.3 is 14.3 Å². The molecule has 0 bridgehead atoms. The Hall–Kier alpha value is -3.23. The van der Waals surface area contributed by atoms with Crippen LogP contribution in [-0.4, -0.2) is 40.3 Å². The van der Waals surface area contributed by atoms with Gasteiger partial charge >= 0.3 is 0 Å². The SMILES string of the molecule is Cc1oc2c(C)c(C)c(O)c(C)c2c1CN1CCC[C@H]1COc1ccc(C=C2SC(=O)NC2=O)cc1. The van der Waals surface area contributed by atoms with Gasteiger partial charge in [-0.05, 0) is 93.7 Å². The third-order valence-corrected chi connectivity index (χ3v) is 8.13. The third kappa shape index (κ3) is 4.51. The first-order valence-electron chi connectivity index (χ1n) is 12.2. The number of phenolic OH excluding ortho intramolecular Hbond substituents is 1. The summed E-state index contributed by atoms with van der Waals surface area (Å²) in [5, 5.41) is 13.6. The van der Waals surface area contributed by atoms with E-state index < -0.39 is 0 Å². The molecule has 1 aromatic heterocycles. The highest BCUT2D eigenvalue weighted by atomic mass is 32.2. The molecule has 7 nitrogen and oxygen atoms in total. The van der Waals surface area contributed by atoms with Crippen molar-refractivity contribution in [1.29, 1.82) is 0 Å². The van der Waals surface area contributed by atoms with Gasteiger partial charge in [-0.2, -0.15) is 0 Å². The molecule has 5 rings (SSSR count). The van der Waals surface area contributed by atoms with E-state index in [0.29, 0.717) is 17.3 Å². The van der Waals surface area contributed by atoms with Gasteiger partial charge in [-0.1, -0.05) is 12.1 Å². The highest BCUT2D eigenvalue weighted by Crippen LogP contribution is 2.39. The number of hydrogen-bond donors (Lipinski definition) is 2. The van der Waals surface area contributed by atoms with E-state index in [4.69, 9.17) is 9.15 Å². The van der Waals surface area contributed by atoms with Crippen LogP contribution < -0.4 is 10.1 Å². The number of thioether (sulfide) groups is 1. The number of fused-ring (bicyclic) bond motifs is 1. The Kier molecular flexibility index (Phi) is 6.57. The van der Waals surface area contributed by atoms with Crippen molar-refractivity contribution >= 4 is 40.0 Å². The number of nitrogens with one attached hydrogen (secondary N) is 1. The summed E-state index contributed by atoms with van der Waals surface area (Å²) in [6.07, 6.45) is 3.87. The van der Waals surface area contributed by atoms with Crippen LogP contribution in [0.4, 0.5) is 4.79 Å². The number of nitrogens with zero attached hydrogens (tertiary/aromatic N) is 1. The number of aryl methyl sites for hydroxylation is 3. The summed E-state index contributed by atoms with van der Waals surface area (Å²) in [6, 6.07) is 7.81. The van der Waals surface area contributed by atoms with Crippen molar-refractivity contribution in [3.05, 3.63) is 62.7 Å². The summed E-state index contributed by atoms with van der Waals surface area (Å²) in [6.45, 7) is 10.2. The first-order chi connectivity index (χ1) is 17.2. The summed E-state index contributed by atoms with van der Waals surface area (Å²) in [5.74, 6) is 1.65. The molecule has 1 atom stereocenters. The predicted octanol–water partition coefficient (Wildman–Crippen LogP) is 5.74. The molecule has 0 radical (unpaired) electrons. The molecule has 2 fully saturated rings. The van der Waals surface area contributed by atoms with Crippen LogP contribution in [-0.2, 0) is 11.3 Å². The number of ether oxygens (including phenoxy) is 1. The Labute approximate surface area is 214 Å². The number of carbonyl (C=O) groups is 2. The van der Waals surface area contributed by atoms with E-state index in [1.54, 1.807) is 6.08 Å². The maximum absolute atomic E-state index is 11.7. The van der Waals surface area contributed by atoms with Crippen molar-refractivity contribution in [2.75, 3.05) is 13.2 Å². The standard InChI is InChI=1S/C28H30N2O5S/c1-15-16(2)26-24(17(3)25(15)31)22(18(4)35-26)13-30-11-5-6-20(30)14-34-21-9-7-19(8-10-21)12-23-27(32)29-28(33)36-23/h7-10,12,20,31H,5-6,11,13-14H2,1-4H3,(H,29,32,33)/t20-/m0/s1. The molecule has 3 aromatic rings. The predicted molar refractivity (Wildman–Crippen MR) is 141 cm³/mol. The Balaban J connectivity index is 1.28. The van der Waals surface area contributed by atoms with Gasteiger partial charge in [0, 0.05) is 29.1 Å². The number of carbonyl (C=O) groups excluding carboxylic acids is 2. The largest absolute Gasteiger partial charge is 0.507 e. The number of imide groups is 1. The molecule has 3 heterocycles. The molecule has 0 spiro atoms. The molecule has 2 aliphatic rings. The lowest BCUT2D eigenvalue weighted by molar-refractivity contribution is -0.115. The van der Waals surface area contributed by atoms with Crippen LogP contribution in [0.1, 0.15) is 46.4 Å². The van der Waals surface area contributed by atoms with Crippen molar-refractivity contribution in [2.45, 2.75) is 53.1 Å². The second kappa shape index (κ2) is 9.67. The monoisotopic (exact) mass is 506 g/mol. The molecule has 2 aromatic carbocycles. The van der Waals surface area contributed by atoms with Gasteiger partial charge in [-0.3, -0.25) is 19.8 Å². The number of likely N-dealkylation sites (tertiary alicyclic amines) is 1. The van der Waals surface area contributed by atoms with Crippen molar-refractivity contribution in [3.8, 4) is 11.5 Å². The minimum Gasteiger partial charge on any atom is -0.507 e. The molecule has 188 valence electrons. The summed E-state index contributed by atoms with van der Waals surface area (Å²) >= 11 is 0.910. The summed E-state index contributed by atoms with van der Waals surface area (Å²) in [5.41, 5.74) is 5.58. The Morgan fingerprint density at radius 3 is 2.58 bits per heavy atom. The zero-order chi connectivity index (χ0) is 25.6. The first kappa shape index (κ1) is 24.5. The molecule has 2 saturated heterocycles. The smallest absolute Gasteiger partial charge is 0.290 e. The topological polar surface area (TPSA) is 92.0 Å². The lowest BCUT2D eigenvalue weighted by Crippen LogP contribution is -2.33. The van der Waals surface area contributed by atoms with E-state index >= 15 is 0 Å². The third-order valence-electron chi connectivity index (χ3n) is 7.32. The number of furan rings is 1. The highest BCUT2D eigenvalue weighted by Gasteiger charge is 2.29. The average Bonchev–Trinajstić information content (AvgIpc) is 3.53. The number of hydrogen-bond acceptors (Lipinski definition) is 7. The van der Waals surface area contributed by atoms with Crippen molar-refractivity contribution in [1.82, 2.24) is 10.2 Å². The molecule has 8 heteroatoms. The number of amides is 2. The van der Waals surface area contributed by atoms with E-state index in [9.17, 15) is 14.7 Å². The van der Waals surface area contributed by atoms with Crippen LogP contribution >= 0.6 is 11.8 Å². The molecule has 0 aliphatic carbocycles. The lowest BCUT2D eigenvalue weighted by atomic mass is 9.97. The number of aromatic hydroxyl groups is 1. The molecule has 2 aliphatic heterocycles. The average molecular weight is 507 g/mol. The van der Waals surface area contributed by atoms with Crippen LogP contribution in [0, 0.1) is 27.7 Å². The van der Waals surface area contributed by atoms with Gasteiger partial charge in [0.15, 0.2) is 0 Å². The molecule has 0 saturated carbocycles. The van der Waals surface area contributed by atoms with E-state index in [1.165, 1.54) is 0 Å². The fraction of sp³-hybridized carbons (Fsp3) is 0.357. The quantitative estimate of drug-likeness (QED) is 0.412. The van der Waals surface area contributed by atoms with Crippen molar-refractivity contribution in [3.63, 3.8) is 0 Å². The zero-order valence-electron chi connectivity index (χ0n) is 20.9. The van der Waals surface area contributed by atoms with Crippen LogP contribution in [0.2, 0.25) is 0 Å². The molecular formula is C28H30N2O5S. The van der Waals surface area contributed by atoms with Crippen LogP contribution in [0.3, 0.4) is 0 Å². The molecule has 2 N–H and O–H groups in total. The van der Waals surface area contributed by atoms with E-state index in [2.05, 4.69) is 10.2 Å². The maximum Gasteiger partial charge on any atom is 0.290 e. The second-order valence-corrected chi connectivity index (χ2v) is 10.6. The van der Waals surface area contributed by atoms with Crippen molar-refractivity contribution < 1.29 is 23.8 Å². The molecule has 0 unspecified atom stereocenters. The number of phenols is 1. The van der Waals surface area contributed by atoms with Gasteiger partial charge in [0.05, 0.1) is 4.91 Å². The molecule has 2 amide bonds. The maximum atomic E-state index is 11.7. The van der Waals surface area contributed by atoms with Gasteiger partial charge in [0.1, 0.15) is 29.4 Å². The van der Waals surface area contributed by atoms with Gasteiger partial charge in [0.2, 0.25) is 0 Å². The fourth-order valence-corrected chi connectivity index (χ4v) is 5.78. The van der Waals surface area contributed by atoms with Gasteiger partial charge in [0.25, 0.3) is 11.1 Å². The van der Waals surface area contributed by atoms with Crippen molar-refractivity contribution in [2.24, 2.45) is 0 Å². The second-order valence-electron chi connectivity index (χ2n) is 9.56. The minimum absolute atomic E-state index is 0.279. The highest BCUT2D eigenvalue weighted by molar-refractivity contribution is 8.18. The molecular weight excluding hydrogens is 476 g/mol.